The first kappa shape index (κ1) is 16.1. The number of carbonyl (C=O) groups excluding carboxylic acids is 1. The molecule has 0 aliphatic carbocycles. The van der Waals surface area contributed by atoms with E-state index in [-0.39, 0.29) is 23.6 Å². The highest BCUT2D eigenvalue weighted by atomic mass is 19.1. The molecule has 0 saturated carbocycles. The first-order chi connectivity index (χ1) is 9.19. The Morgan fingerprint density at radius 3 is 2.50 bits per heavy atom. The lowest BCUT2D eigenvalue weighted by molar-refractivity contribution is -0.116. The molecule has 110 valence electrons. The van der Waals surface area contributed by atoms with E-state index in [0.29, 0.717) is 6.54 Å². The maximum absolute atomic E-state index is 13.2. The molecule has 0 unspecified atom stereocenters. The van der Waals surface area contributed by atoms with Gasteiger partial charge in [-0.1, -0.05) is 0 Å². The van der Waals surface area contributed by atoms with Crippen molar-refractivity contribution in [2.24, 2.45) is 0 Å². The molecule has 0 bridgehead atoms. The van der Waals surface area contributed by atoms with Gasteiger partial charge in [-0.05, 0) is 39.0 Å². The molecule has 0 radical (unpaired) electrons. The molecule has 0 saturated heterocycles. The Morgan fingerprint density at radius 1 is 1.30 bits per heavy atom. The fourth-order valence-corrected chi connectivity index (χ4v) is 1.54. The molecular formula is C14H19FN2O3. The first-order valence-corrected chi connectivity index (χ1v) is 6.27. The highest BCUT2D eigenvalue weighted by molar-refractivity contribution is 5.94. The molecule has 5 nitrogen and oxygen atoms in total. The van der Waals surface area contributed by atoms with Crippen LogP contribution >= 0.6 is 0 Å². The molecule has 1 aromatic rings. The largest absolute Gasteiger partial charge is 0.478 e. The van der Waals surface area contributed by atoms with Crippen LogP contribution in [0, 0.1) is 5.82 Å². The number of hydrogen-bond acceptors (Lipinski definition) is 3. The number of anilines is 1. The summed E-state index contributed by atoms with van der Waals surface area (Å²) in [4.78, 5) is 22.5. The van der Waals surface area contributed by atoms with E-state index in [1.54, 1.807) is 0 Å². The molecule has 0 fully saturated rings. The number of amides is 1. The fraction of sp³-hybridized carbons (Fsp3) is 0.429. The molecule has 0 aliphatic rings. The number of carboxylic acids is 1. The van der Waals surface area contributed by atoms with Crippen LogP contribution in [0.2, 0.25) is 0 Å². The maximum Gasteiger partial charge on any atom is 0.338 e. The summed E-state index contributed by atoms with van der Waals surface area (Å²) in [6.45, 7) is 6.47. The smallest absolute Gasteiger partial charge is 0.338 e. The molecule has 0 atom stereocenters. The molecular weight excluding hydrogens is 263 g/mol. The van der Waals surface area contributed by atoms with Crippen molar-refractivity contribution in [3.8, 4) is 0 Å². The summed E-state index contributed by atoms with van der Waals surface area (Å²) >= 11 is 0. The van der Waals surface area contributed by atoms with E-state index in [1.807, 2.05) is 20.8 Å². The summed E-state index contributed by atoms with van der Waals surface area (Å²) < 4.78 is 13.2. The van der Waals surface area contributed by atoms with Gasteiger partial charge in [-0.15, -0.1) is 0 Å². The molecule has 1 rings (SSSR count). The van der Waals surface area contributed by atoms with Gasteiger partial charge in [0.15, 0.2) is 0 Å². The Labute approximate surface area is 117 Å². The molecule has 0 aliphatic heterocycles. The summed E-state index contributed by atoms with van der Waals surface area (Å²) in [5.41, 5.74) is -0.271. The number of carbonyl (C=O) groups is 2. The maximum atomic E-state index is 13.2. The lowest BCUT2D eigenvalue weighted by Gasteiger charge is -2.20. The van der Waals surface area contributed by atoms with Crippen LogP contribution in [0.5, 0.6) is 0 Å². The Bertz CT molecular complexity index is 510. The van der Waals surface area contributed by atoms with Crippen molar-refractivity contribution in [1.82, 2.24) is 5.32 Å². The van der Waals surface area contributed by atoms with Crippen molar-refractivity contribution in [3.63, 3.8) is 0 Å². The van der Waals surface area contributed by atoms with Gasteiger partial charge in [0, 0.05) is 24.2 Å². The third-order valence-corrected chi connectivity index (χ3v) is 2.49. The normalized spacial score (nSPS) is 11.2. The molecule has 0 aromatic heterocycles. The van der Waals surface area contributed by atoms with Gasteiger partial charge in [-0.2, -0.15) is 0 Å². The zero-order valence-electron chi connectivity index (χ0n) is 11.8. The van der Waals surface area contributed by atoms with E-state index in [2.05, 4.69) is 10.6 Å². The van der Waals surface area contributed by atoms with Gasteiger partial charge < -0.3 is 15.7 Å². The molecule has 6 heteroatoms. The summed E-state index contributed by atoms with van der Waals surface area (Å²) in [6.07, 6.45) is 0.247. The molecule has 1 aromatic carbocycles. The van der Waals surface area contributed by atoms with Crippen LogP contribution in [0.15, 0.2) is 18.2 Å². The van der Waals surface area contributed by atoms with Gasteiger partial charge in [0.25, 0.3) is 0 Å². The van der Waals surface area contributed by atoms with Crippen LogP contribution in [-0.4, -0.2) is 29.1 Å². The molecule has 20 heavy (non-hydrogen) atoms. The van der Waals surface area contributed by atoms with E-state index < -0.39 is 17.3 Å². The highest BCUT2D eigenvalue weighted by Crippen LogP contribution is 2.15. The minimum Gasteiger partial charge on any atom is -0.478 e. The summed E-state index contributed by atoms with van der Waals surface area (Å²) in [5, 5.41) is 14.5. The zero-order valence-corrected chi connectivity index (χ0v) is 11.8. The predicted molar refractivity (Wildman–Crippen MR) is 74.4 cm³/mol. The lowest BCUT2D eigenvalue weighted by atomic mass is 10.1. The van der Waals surface area contributed by atoms with E-state index in [4.69, 9.17) is 5.11 Å². The third-order valence-electron chi connectivity index (χ3n) is 2.49. The van der Waals surface area contributed by atoms with Crippen molar-refractivity contribution < 1.29 is 19.1 Å². The second-order valence-corrected chi connectivity index (χ2v) is 5.47. The Kier molecular flexibility index (Phi) is 5.21. The number of rotatable bonds is 5. The number of aromatic carboxylic acids is 1. The third kappa shape index (κ3) is 5.36. The standard InChI is InChI=1S/C14H19FN2O3/c1-14(2,3)16-7-6-12(18)17-9-4-5-11(15)10(8-9)13(19)20/h4-5,8,16H,6-7H2,1-3H3,(H,17,18)(H,19,20). The van der Waals surface area contributed by atoms with Gasteiger partial charge >= 0.3 is 5.97 Å². The van der Waals surface area contributed by atoms with Gasteiger partial charge in [0.05, 0.1) is 5.56 Å². The van der Waals surface area contributed by atoms with Crippen molar-refractivity contribution in [2.75, 3.05) is 11.9 Å². The molecule has 0 spiro atoms. The highest BCUT2D eigenvalue weighted by Gasteiger charge is 2.13. The molecule has 0 heterocycles. The van der Waals surface area contributed by atoms with E-state index in [1.165, 1.54) is 6.07 Å². The van der Waals surface area contributed by atoms with Crippen LogP contribution in [-0.2, 0) is 4.79 Å². The first-order valence-electron chi connectivity index (χ1n) is 6.27. The number of hydrogen-bond donors (Lipinski definition) is 3. The second kappa shape index (κ2) is 6.47. The van der Waals surface area contributed by atoms with E-state index in [9.17, 15) is 14.0 Å². The van der Waals surface area contributed by atoms with Crippen molar-refractivity contribution in [1.29, 1.82) is 0 Å². The van der Waals surface area contributed by atoms with Crippen LogP contribution in [0.4, 0.5) is 10.1 Å². The van der Waals surface area contributed by atoms with Gasteiger partial charge in [0.1, 0.15) is 5.82 Å². The van der Waals surface area contributed by atoms with Crippen molar-refractivity contribution >= 4 is 17.6 Å². The summed E-state index contributed by atoms with van der Waals surface area (Å²) in [6, 6.07) is 3.45. The lowest BCUT2D eigenvalue weighted by Crippen LogP contribution is -2.37. The monoisotopic (exact) mass is 282 g/mol. The zero-order chi connectivity index (χ0) is 15.3. The van der Waals surface area contributed by atoms with E-state index >= 15 is 0 Å². The summed E-state index contributed by atoms with van der Waals surface area (Å²) in [5.74, 6) is -2.46. The Hall–Kier alpha value is -1.95. The number of carboxylic acid groups (broad SMARTS) is 1. The van der Waals surface area contributed by atoms with Gasteiger partial charge in [-0.25, -0.2) is 9.18 Å². The average molecular weight is 282 g/mol. The van der Waals surface area contributed by atoms with Crippen LogP contribution in [0.1, 0.15) is 37.6 Å². The minimum atomic E-state index is -1.37. The second-order valence-electron chi connectivity index (χ2n) is 5.47. The number of benzene rings is 1. The fourth-order valence-electron chi connectivity index (χ4n) is 1.54. The van der Waals surface area contributed by atoms with Crippen LogP contribution < -0.4 is 10.6 Å². The van der Waals surface area contributed by atoms with Crippen molar-refractivity contribution in [3.05, 3.63) is 29.6 Å². The quantitative estimate of drug-likeness (QED) is 0.774. The topological polar surface area (TPSA) is 78.4 Å². The van der Waals surface area contributed by atoms with Crippen molar-refractivity contribution in [2.45, 2.75) is 32.7 Å². The SMILES string of the molecule is CC(C)(C)NCCC(=O)Nc1ccc(F)c(C(=O)O)c1. The molecule has 3 N–H and O–H groups in total. The summed E-state index contributed by atoms with van der Waals surface area (Å²) in [7, 11) is 0. The average Bonchev–Trinajstić information content (AvgIpc) is 2.29. The number of halogens is 1. The van der Waals surface area contributed by atoms with Crippen LogP contribution in [0.3, 0.4) is 0 Å². The van der Waals surface area contributed by atoms with E-state index in [0.717, 1.165) is 12.1 Å². The Balaban J connectivity index is 2.58. The van der Waals surface area contributed by atoms with Gasteiger partial charge in [-0.3, -0.25) is 4.79 Å². The van der Waals surface area contributed by atoms with Gasteiger partial charge in [0.2, 0.25) is 5.91 Å². The number of nitrogens with one attached hydrogen (secondary N) is 2. The minimum absolute atomic E-state index is 0.0768. The van der Waals surface area contributed by atoms with Crippen LogP contribution in [0.25, 0.3) is 0 Å². The Morgan fingerprint density at radius 2 is 1.95 bits per heavy atom. The molecule has 1 amide bonds. The predicted octanol–water partition coefficient (Wildman–Crippen LogP) is 2.24.